The molecule has 87 heavy (non-hydrogen) atoms. The van der Waals surface area contributed by atoms with Gasteiger partial charge in [0, 0.05) is 127 Å². The van der Waals surface area contributed by atoms with E-state index >= 15 is 0 Å². The first-order chi connectivity index (χ1) is 40.4. The Morgan fingerprint density at radius 2 is 0.563 bits per heavy atom. The van der Waals surface area contributed by atoms with Crippen LogP contribution in [0.15, 0.2) is 121 Å². The van der Waals surface area contributed by atoms with Crippen molar-refractivity contribution in [3.63, 3.8) is 0 Å². The third-order valence-corrected chi connectivity index (χ3v) is 19.9. The van der Waals surface area contributed by atoms with Crippen LogP contribution in [0.2, 0.25) is 0 Å². The van der Waals surface area contributed by atoms with Gasteiger partial charge in [0.25, 0.3) is 0 Å². The van der Waals surface area contributed by atoms with Crippen molar-refractivity contribution < 1.29 is 30.4 Å². The smallest absolute Gasteiger partial charge is 0.144 e. The van der Waals surface area contributed by atoms with Crippen molar-refractivity contribution in [1.82, 2.24) is 20.3 Å². The molecule has 4 heterocycles. The zero-order valence-electron chi connectivity index (χ0n) is 55.8. The molecule has 0 atom stereocenters. The van der Waals surface area contributed by atoms with Crippen molar-refractivity contribution in [3.05, 3.63) is 132 Å². The molecular formula is C73H104N8O6. The Balaban J connectivity index is 1.11. The molecule has 0 aliphatic carbocycles. The molecular weight excluding hydrogens is 1080 g/mol. The maximum Gasteiger partial charge on any atom is 0.144 e. The lowest BCUT2D eigenvalue weighted by molar-refractivity contribution is -0.250. The third kappa shape index (κ3) is 13.6. The molecule has 0 saturated carbocycles. The molecule has 4 saturated heterocycles. The van der Waals surface area contributed by atoms with Gasteiger partial charge in [-0.3, -0.25) is 9.59 Å². The van der Waals surface area contributed by atoms with Crippen LogP contribution in [0.3, 0.4) is 0 Å². The van der Waals surface area contributed by atoms with Crippen molar-refractivity contribution in [1.29, 1.82) is 0 Å². The van der Waals surface area contributed by atoms with Crippen molar-refractivity contribution in [2.75, 3.05) is 19.6 Å². The molecule has 14 nitrogen and oxygen atoms in total. The zero-order valence-corrected chi connectivity index (χ0v) is 55.8. The summed E-state index contributed by atoms with van der Waals surface area (Å²) >= 11 is 0. The maximum absolute atomic E-state index is 13.0. The summed E-state index contributed by atoms with van der Waals surface area (Å²) in [7, 11) is 0. The minimum atomic E-state index is -0.485. The molecule has 9 rings (SSSR count). The highest BCUT2D eigenvalue weighted by atomic mass is 16.5. The molecule has 472 valence electrons. The summed E-state index contributed by atoms with van der Waals surface area (Å²) in [5.41, 5.74) is 6.21. The molecule has 0 radical (unpaired) electrons. The summed E-state index contributed by atoms with van der Waals surface area (Å²) in [5.74, 6) is -0.142. The number of nitrogens with zero attached hydrogens (tertiary/aromatic N) is 8. The van der Waals surface area contributed by atoms with E-state index in [1.54, 1.807) is 27.2 Å². The van der Waals surface area contributed by atoms with E-state index in [0.717, 1.165) is 102 Å². The highest BCUT2D eigenvalue weighted by molar-refractivity contribution is 5.99. The first kappa shape index (κ1) is 65.8. The second-order valence-electron chi connectivity index (χ2n) is 31.3. The Morgan fingerprint density at radius 1 is 0.356 bits per heavy atom. The molecule has 5 aromatic rings. The SMILES string of the molecule is CCC(=O)CC(=O)Cc1ccc(N(c2ccc(N(c3ccc(C)cc3)c3ccc(N(C4CC(C)(C)N(O)C(C)(C)C4)C4CC(C)(C)N(O)C(C)(C)C4)cc3)cc2)c2ccc(N(C3CC(C)(C)N(O)C(C)(C)C3)C3CC(C)(C)N(O)C(C)(C)C3)cc2)cc1. The van der Waals surface area contributed by atoms with Crippen LogP contribution in [0.5, 0.6) is 0 Å². The molecule has 4 aliphatic heterocycles. The summed E-state index contributed by atoms with van der Waals surface area (Å²) in [6, 6.07) is 43.8. The fourth-order valence-corrected chi connectivity index (χ4v) is 16.4. The number of carbonyl (C=O) groups excluding carboxylic acids is 2. The van der Waals surface area contributed by atoms with E-state index in [4.69, 9.17) is 0 Å². The highest BCUT2D eigenvalue weighted by Crippen LogP contribution is 2.50. The van der Waals surface area contributed by atoms with Crippen LogP contribution in [-0.2, 0) is 16.0 Å². The molecule has 0 bridgehead atoms. The van der Waals surface area contributed by atoms with E-state index in [1.165, 1.54) is 5.56 Å². The standard InChI is InChI=1S/C73H104N8O6/c1-19-64(82)41-65(83)40-51-22-26-53(27-23-51)75(57-34-38-59(39-35-57)77(62-46-70(11,12)80(86)71(13,14)47-62)63-48-72(15,16)81(87)73(17,18)49-63)56-30-28-54(29-31-56)74(52-24-20-50(2)21-25-52)55-32-36-58(37-33-55)76(60-42-66(3,4)78(84)67(5,6)43-60)61-44-68(7,8)79(85)69(9,10)45-61/h20-39,60-63,84-87H,19,40-49H2,1-18H3. The van der Waals surface area contributed by atoms with Crippen LogP contribution in [0.4, 0.5) is 45.5 Å². The van der Waals surface area contributed by atoms with Gasteiger partial charge in [-0.25, -0.2) is 0 Å². The van der Waals surface area contributed by atoms with Gasteiger partial charge in [-0.05, 0) is 272 Å². The minimum absolute atomic E-state index is 0.0526. The average Bonchev–Trinajstić information content (AvgIpc) is 0.866. The number of carbonyl (C=O) groups is 2. The lowest BCUT2D eigenvalue weighted by atomic mass is 9.74. The normalized spacial score (nSPS) is 22.4. The van der Waals surface area contributed by atoms with Crippen molar-refractivity contribution in [2.24, 2.45) is 0 Å². The van der Waals surface area contributed by atoms with Crippen LogP contribution in [0.1, 0.15) is 193 Å². The van der Waals surface area contributed by atoms with Gasteiger partial charge < -0.3 is 40.4 Å². The van der Waals surface area contributed by atoms with E-state index in [0.29, 0.717) is 6.42 Å². The largest absolute Gasteiger partial charge is 0.365 e. The lowest BCUT2D eigenvalue weighted by Crippen LogP contribution is -2.67. The molecule has 4 fully saturated rings. The van der Waals surface area contributed by atoms with Gasteiger partial charge in [-0.15, -0.1) is 0 Å². The number of aryl methyl sites for hydroxylation is 1. The van der Waals surface area contributed by atoms with E-state index in [2.05, 4.69) is 246 Å². The maximum atomic E-state index is 13.0. The second-order valence-corrected chi connectivity index (χ2v) is 31.3. The first-order valence-electron chi connectivity index (χ1n) is 32.0. The van der Waals surface area contributed by atoms with Gasteiger partial charge in [0.2, 0.25) is 0 Å². The third-order valence-electron chi connectivity index (χ3n) is 19.9. The molecule has 5 aromatic carbocycles. The quantitative estimate of drug-likeness (QED) is 0.0656. The number of piperidine rings is 4. The number of hydrogen-bond acceptors (Lipinski definition) is 14. The van der Waals surface area contributed by atoms with Gasteiger partial charge in [0.1, 0.15) is 11.6 Å². The Labute approximate surface area is 521 Å². The van der Waals surface area contributed by atoms with Crippen LogP contribution >= 0.6 is 0 Å². The summed E-state index contributed by atoms with van der Waals surface area (Å²) in [6.45, 7) is 38.0. The fourth-order valence-electron chi connectivity index (χ4n) is 16.4. The molecule has 4 aliphatic rings. The Kier molecular flexibility index (Phi) is 18.1. The van der Waals surface area contributed by atoms with Gasteiger partial charge in [-0.2, -0.15) is 20.3 Å². The summed E-state index contributed by atoms with van der Waals surface area (Å²) < 4.78 is 0. The summed E-state index contributed by atoms with van der Waals surface area (Å²) in [6.07, 6.45) is 6.54. The number of hydroxylamine groups is 8. The minimum Gasteiger partial charge on any atom is -0.365 e. The number of rotatable bonds is 17. The van der Waals surface area contributed by atoms with Crippen LogP contribution in [0.25, 0.3) is 0 Å². The van der Waals surface area contributed by atoms with Gasteiger partial charge in [0.15, 0.2) is 0 Å². The average molecular weight is 1190 g/mol. The Bertz CT molecular complexity index is 3050. The van der Waals surface area contributed by atoms with Gasteiger partial charge in [0.05, 0.1) is 6.42 Å². The predicted molar refractivity (Wildman–Crippen MR) is 353 cm³/mol. The van der Waals surface area contributed by atoms with Gasteiger partial charge >= 0.3 is 0 Å². The number of ketones is 2. The topological polar surface area (TPSA) is 141 Å². The number of anilines is 8. The van der Waals surface area contributed by atoms with Crippen molar-refractivity contribution in [3.8, 4) is 0 Å². The molecule has 0 unspecified atom stereocenters. The molecule has 0 spiro atoms. The number of hydrogen-bond donors (Lipinski definition) is 4. The van der Waals surface area contributed by atoms with Crippen molar-refractivity contribution in [2.45, 2.75) is 264 Å². The van der Waals surface area contributed by atoms with Crippen LogP contribution in [-0.4, -0.2) is 121 Å². The molecule has 4 N–H and O–H groups in total. The summed E-state index contributed by atoms with van der Waals surface area (Å²) in [5, 5.41) is 52.3. The Morgan fingerprint density at radius 3 is 0.793 bits per heavy atom. The summed E-state index contributed by atoms with van der Waals surface area (Å²) in [4.78, 5) is 35.1. The van der Waals surface area contributed by atoms with Crippen LogP contribution in [0, 0.1) is 6.92 Å². The number of benzene rings is 5. The molecule has 0 aromatic heterocycles. The van der Waals surface area contributed by atoms with Crippen molar-refractivity contribution >= 4 is 57.1 Å². The number of Topliss-reactive ketones (excluding diaryl/α,β-unsaturated/α-hetero) is 2. The highest BCUT2D eigenvalue weighted by Gasteiger charge is 2.54. The molecule has 0 amide bonds. The second kappa shape index (κ2) is 23.9. The monoisotopic (exact) mass is 1190 g/mol. The first-order valence-corrected chi connectivity index (χ1v) is 32.0. The Hall–Kier alpha value is -5.68. The van der Waals surface area contributed by atoms with Crippen LogP contribution < -0.4 is 19.6 Å². The lowest BCUT2D eigenvalue weighted by Gasteiger charge is -2.59. The van der Waals surface area contributed by atoms with E-state index in [-0.39, 0.29) is 48.6 Å². The van der Waals surface area contributed by atoms with E-state index in [1.807, 2.05) is 12.1 Å². The van der Waals surface area contributed by atoms with E-state index in [9.17, 15) is 30.4 Å². The predicted octanol–water partition coefficient (Wildman–Crippen LogP) is 16.7. The van der Waals surface area contributed by atoms with Gasteiger partial charge in [-0.1, -0.05) is 36.8 Å². The molecule has 14 heteroatoms. The fraction of sp³-hybridized carbons (Fsp3) is 0.562. The zero-order chi connectivity index (χ0) is 63.8. The van der Waals surface area contributed by atoms with E-state index < -0.39 is 44.3 Å².